The van der Waals surface area contributed by atoms with E-state index in [1.807, 2.05) is 24.0 Å². The molecule has 5 nitrogen and oxygen atoms in total. The van der Waals surface area contributed by atoms with E-state index in [4.69, 9.17) is 0 Å². The van der Waals surface area contributed by atoms with E-state index in [2.05, 4.69) is 51.5 Å². The van der Waals surface area contributed by atoms with Crippen molar-refractivity contribution in [1.29, 1.82) is 0 Å². The molecule has 0 amide bonds. The monoisotopic (exact) mass is 453 g/mol. The smallest absolute Gasteiger partial charge is 0.193 e. The van der Waals surface area contributed by atoms with Gasteiger partial charge in [0, 0.05) is 39.1 Å². The van der Waals surface area contributed by atoms with Crippen molar-refractivity contribution in [2.75, 3.05) is 26.7 Å². The first kappa shape index (κ1) is 19.8. The normalized spacial score (nSPS) is 15.8. The van der Waals surface area contributed by atoms with Gasteiger partial charge in [0.2, 0.25) is 0 Å². The minimum absolute atomic E-state index is 0. The van der Waals surface area contributed by atoms with Gasteiger partial charge in [-0.25, -0.2) is 4.68 Å². The van der Waals surface area contributed by atoms with Gasteiger partial charge in [-0.15, -0.1) is 24.0 Å². The average Bonchev–Trinajstić information content (AvgIpc) is 3.15. The average molecular weight is 453 g/mol. The van der Waals surface area contributed by atoms with Crippen LogP contribution in [0.1, 0.15) is 25.3 Å². The van der Waals surface area contributed by atoms with Crippen molar-refractivity contribution in [1.82, 2.24) is 20.0 Å². The Kier molecular flexibility index (Phi) is 7.74. The molecule has 0 atom stereocenters. The minimum Gasteiger partial charge on any atom is -0.356 e. The van der Waals surface area contributed by atoms with Gasteiger partial charge in [0.25, 0.3) is 0 Å². The number of rotatable bonds is 4. The van der Waals surface area contributed by atoms with Crippen molar-refractivity contribution >= 4 is 29.9 Å². The Morgan fingerprint density at radius 1 is 1.24 bits per heavy atom. The number of nitrogens with zero attached hydrogens (tertiary/aromatic N) is 4. The number of likely N-dealkylation sites (tertiary alicyclic amines) is 1. The van der Waals surface area contributed by atoms with Crippen molar-refractivity contribution in [3.63, 3.8) is 0 Å². The van der Waals surface area contributed by atoms with E-state index >= 15 is 0 Å². The number of hydrogen-bond donors (Lipinski definition) is 1. The zero-order valence-corrected chi connectivity index (χ0v) is 17.4. The van der Waals surface area contributed by atoms with Crippen LogP contribution < -0.4 is 5.32 Å². The van der Waals surface area contributed by atoms with Crippen LogP contribution >= 0.6 is 24.0 Å². The van der Waals surface area contributed by atoms with Crippen molar-refractivity contribution in [3.05, 3.63) is 48.3 Å². The molecule has 136 valence electrons. The number of guanidine groups is 1. The molecule has 0 unspecified atom stereocenters. The Morgan fingerprint density at radius 2 is 1.96 bits per heavy atom. The molecule has 1 N–H and O–H groups in total. The highest BCUT2D eigenvalue weighted by Crippen LogP contribution is 2.16. The lowest BCUT2D eigenvalue weighted by Crippen LogP contribution is -2.45. The Balaban J connectivity index is 0.00000225. The molecule has 1 aromatic heterocycles. The summed E-state index contributed by atoms with van der Waals surface area (Å²) in [5.74, 6) is 1.88. The zero-order chi connectivity index (χ0) is 16.8. The van der Waals surface area contributed by atoms with E-state index < -0.39 is 0 Å². The minimum atomic E-state index is 0. The molecule has 0 saturated carbocycles. The quantitative estimate of drug-likeness (QED) is 0.439. The van der Waals surface area contributed by atoms with Crippen LogP contribution in [-0.4, -0.2) is 47.3 Å². The Hall–Kier alpha value is -1.57. The number of aromatic nitrogens is 2. The fraction of sp³-hybridized carbons (Fsp3) is 0.474. The molecule has 25 heavy (non-hydrogen) atoms. The lowest BCUT2D eigenvalue weighted by atomic mass is 10.00. The lowest BCUT2D eigenvalue weighted by molar-refractivity contribution is 0.273. The summed E-state index contributed by atoms with van der Waals surface area (Å²) in [6.45, 7) is 5.46. The van der Waals surface area contributed by atoms with Crippen LogP contribution in [0.5, 0.6) is 0 Å². The van der Waals surface area contributed by atoms with Gasteiger partial charge >= 0.3 is 0 Å². The summed E-state index contributed by atoms with van der Waals surface area (Å²) in [5, 5.41) is 7.76. The first-order valence-corrected chi connectivity index (χ1v) is 8.81. The molecule has 0 bridgehead atoms. The summed E-state index contributed by atoms with van der Waals surface area (Å²) in [7, 11) is 1.87. The second kappa shape index (κ2) is 9.79. The van der Waals surface area contributed by atoms with E-state index in [1.54, 1.807) is 6.20 Å². The standard InChI is InChI=1S/C19H27N5.HI/c1-16-9-14-23(15-10-16)19(20-2)21-12-8-17-4-6-18(7-5-17)24-13-3-11-22-24;/h3-7,11,13,16H,8-10,12,14-15H2,1-2H3,(H,20,21);1H. The molecule has 3 rings (SSSR count). The Bertz CT molecular complexity index is 643. The van der Waals surface area contributed by atoms with E-state index in [9.17, 15) is 0 Å². The number of nitrogens with one attached hydrogen (secondary N) is 1. The summed E-state index contributed by atoms with van der Waals surface area (Å²) < 4.78 is 1.88. The highest BCUT2D eigenvalue weighted by Gasteiger charge is 2.18. The van der Waals surface area contributed by atoms with Gasteiger partial charge in [-0.3, -0.25) is 4.99 Å². The Labute approximate surface area is 167 Å². The second-order valence-corrected chi connectivity index (χ2v) is 6.51. The van der Waals surface area contributed by atoms with E-state index in [0.29, 0.717) is 0 Å². The van der Waals surface area contributed by atoms with Crippen molar-refractivity contribution in [2.45, 2.75) is 26.2 Å². The molecular formula is C19H28IN5. The summed E-state index contributed by atoms with van der Waals surface area (Å²) in [6, 6.07) is 10.5. The second-order valence-electron chi connectivity index (χ2n) is 6.51. The topological polar surface area (TPSA) is 45.5 Å². The third-order valence-electron chi connectivity index (χ3n) is 4.70. The number of hydrogen-bond acceptors (Lipinski definition) is 2. The van der Waals surface area contributed by atoms with Gasteiger partial charge in [-0.1, -0.05) is 19.1 Å². The van der Waals surface area contributed by atoms with Gasteiger partial charge in [-0.05, 0) is 48.9 Å². The van der Waals surface area contributed by atoms with Gasteiger partial charge in [0.15, 0.2) is 5.96 Å². The van der Waals surface area contributed by atoms with Gasteiger partial charge in [-0.2, -0.15) is 5.10 Å². The summed E-state index contributed by atoms with van der Waals surface area (Å²) >= 11 is 0. The zero-order valence-electron chi connectivity index (χ0n) is 15.1. The number of halogens is 1. The number of aliphatic imine (C=N–C) groups is 1. The maximum Gasteiger partial charge on any atom is 0.193 e. The predicted octanol–water partition coefficient (Wildman–Crippen LogP) is 3.34. The fourth-order valence-electron chi connectivity index (χ4n) is 3.11. The van der Waals surface area contributed by atoms with Gasteiger partial charge < -0.3 is 10.2 Å². The number of benzene rings is 1. The lowest BCUT2D eigenvalue weighted by Gasteiger charge is -2.32. The van der Waals surface area contributed by atoms with Gasteiger partial charge in [0.1, 0.15) is 0 Å². The third kappa shape index (κ3) is 5.45. The van der Waals surface area contributed by atoms with Crippen molar-refractivity contribution in [2.24, 2.45) is 10.9 Å². The van der Waals surface area contributed by atoms with Crippen LogP contribution in [0.4, 0.5) is 0 Å². The SMILES string of the molecule is CN=C(NCCc1ccc(-n2cccn2)cc1)N1CCC(C)CC1.I. The van der Waals surface area contributed by atoms with E-state index in [0.717, 1.165) is 43.6 Å². The molecule has 0 spiro atoms. The molecule has 1 aliphatic rings. The van der Waals surface area contributed by atoms with Crippen LogP contribution in [0.25, 0.3) is 5.69 Å². The van der Waals surface area contributed by atoms with E-state index in [-0.39, 0.29) is 24.0 Å². The maximum atomic E-state index is 4.44. The summed E-state index contributed by atoms with van der Waals surface area (Å²) in [6.07, 6.45) is 7.26. The van der Waals surface area contributed by atoms with Crippen molar-refractivity contribution < 1.29 is 0 Å². The molecule has 1 saturated heterocycles. The van der Waals surface area contributed by atoms with Crippen LogP contribution in [-0.2, 0) is 6.42 Å². The third-order valence-corrected chi connectivity index (χ3v) is 4.70. The van der Waals surface area contributed by atoms with Crippen LogP contribution in [0, 0.1) is 5.92 Å². The predicted molar refractivity (Wildman–Crippen MR) is 114 cm³/mol. The molecule has 2 aromatic rings. The highest BCUT2D eigenvalue weighted by molar-refractivity contribution is 14.0. The Morgan fingerprint density at radius 3 is 2.56 bits per heavy atom. The van der Waals surface area contributed by atoms with Crippen LogP contribution in [0.3, 0.4) is 0 Å². The van der Waals surface area contributed by atoms with Gasteiger partial charge in [0.05, 0.1) is 5.69 Å². The van der Waals surface area contributed by atoms with Crippen LogP contribution in [0.15, 0.2) is 47.7 Å². The fourth-order valence-corrected chi connectivity index (χ4v) is 3.11. The summed E-state index contributed by atoms with van der Waals surface area (Å²) in [5.41, 5.74) is 2.41. The molecule has 0 radical (unpaired) electrons. The molecule has 1 fully saturated rings. The summed E-state index contributed by atoms with van der Waals surface area (Å²) in [4.78, 5) is 6.81. The first-order chi connectivity index (χ1) is 11.8. The molecule has 2 heterocycles. The molecule has 0 aliphatic carbocycles. The molecule has 6 heteroatoms. The molecule has 1 aromatic carbocycles. The van der Waals surface area contributed by atoms with E-state index in [1.165, 1.54) is 18.4 Å². The highest BCUT2D eigenvalue weighted by atomic mass is 127. The molecular weight excluding hydrogens is 425 g/mol. The largest absolute Gasteiger partial charge is 0.356 e. The van der Waals surface area contributed by atoms with Crippen LogP contribution in [0.2, 0.25) is 0 Å². The maximum absolute atomic E-state index is 4.44. The van der Waals surface area contributed by atoms with Crippen molar-refractivity contribution in [3.8, 4) is 5.69 Å². The molecule has 1 aliphatic heterocycles. The number of piperidine rings is 1. The first-order valence-electron chi connectivity index (χ1n) is 8.81.